The highest BCUT2D eigenvalue weighted by atomic mass is 32.1. The summed E-state index contributed by atoms with van der Waals surface area (Å²) in [5, 5.41) is 6.36. The topological polar surface area (TPSA) is 67.4 Å². The van der Waals surface area contributed by atoms with Crippen LogP contribution in [0.1, 0.15) is 5.69 Å². The predicted molar refractivity (Wildman–Crippen MR) is 87.2 cm³/mol. The van der Waals surface area contributed by atoms with Crippen LogP contribution < -0.4 is 5.32 Å². The van der Waals surface area contributed by atoms with E-state index in [0.29, 0.717) is 18.5 Å². The predicted octanol–water partition coefficient (Wildman–Crippen LogP) is 0.947. The maximum Gasteiger partial charge on any atom is 0.228 e. The Morgan fingerprint density at radius 2 is 2.26 bits per heavy atom. The Hall–Kier alpha value is -1.83. The van der Waals surface area contributed by atoms with Gasteiger partial charge < -0.3 is 15.0 Å². The van der Waals surface area contributed by atoms with Gasteiger partial charge in [0.1, 0.15) is 5.01 Å². The zero-order valence-corrected chi connectivity index (χ0v) is 13.5. The second-order valence-electron chi connectivity index (χ2n) is 5.96. The van der Waals surface area contributed by atoms with Gasteiger partial charge in [-0.3, -0.25) is 9.78 Å². The summed E-state index contributed by atoms with van der Waals surface area (Å²) < 4.78 is 5.14. The first-order valence-electron chi connectivity index (χ1n) is 7.74. The number of aromatic nitrogens is 2. The first-order valence-corrected chi connectivity index (χ1v) is 8.62. The maximum absolute atomic E-state index is 12.3. The molecule has 4 heterocycles. The molecule has 1 amide bonds. The third kappa shape index (κ3) is 3.26. The summed E-state index contributed by atoms with van der Waals surface area (Å²) in [4.78, 5) is 22.8. The minimum atomic E-state index is 0.149. The largest absolute Gasteiger partial charge is 0.378 e. The molecular weight excluding hydrogens is 312 g/mol. The van der Waals surface area contributed by atoms with E-state index >= 15 is 0 Å². The van der Waals surface area contributed by atoms with Gasteiger partial charge in [0.05, 0.1) is 31.4 Å². The molecule has 23 heavy (non-hydrogen) atoms. The second kappa shape index (κ2) is 6.35. The molecule has 0 atom stereocenters. The molecule has 1 N–H and O–H groups in total. The fourth-order valence-corrected chi connectivity index (χ4v) is 3.54. The number of thiazole rings is 1. The van der Waals surface area contributed by atoms with Gasteiger partial charge in [-0.25, -0.2) is 4.98 Å². The van der Waals surface area contributed by atoms with E-state index in [-0.39, 0.29) is 5.91 Å². The number of hydrogen-bond acceptors (Lipinski definition) is 6. The van der Waals surface area contributed by atoms with Crippen molar-refractivity contribution in [2.24, 2.45) is 0 Å². The van der Waals surface area contributed by atoms with E-state index in [9.17, 15) is 4.79 Å². The number of ether oxygens (including phenoxy) is 1. The van der Waals surface area contributed by atoms with E-state index < -0.39 is 0 Å². The molecule has 4 rings (SSSR count). The first-order chi connectivity index (χ1) is 11.3. The van der Waals surface area contributed by atoms with Crippen molar-refractivity contribution >= 4 is 17.2 Å². The lowest BCUT2D eigenvalue weighted by Crippen LogP contribution is -2.64. The Morgan fingerprint density at radius 3 is 2.96 bits per heavy atom. The smallest absolute Gasteiger partial charge is 0.228 e. The van der Waals surface area contributed by atoms with Crippen molar-refractivity contribution in [3.8, 4) is 10.6 Å². The molecule has 0 spiro atoms. The molecule has 0 unspecified atom stereocenters. The molecular formula is C16H18N4O2S. The van der Waals surface area contributed by atoms with Gasteiger partial charge in [0.25, 0.3) is 0 Å². The molecule has 2 fully saturated rings. The van der Waals surface area contributed by atoms with Crippen LogP contribution in [0.4, 0.5) is 0 Å². The molecule has 2 aromatic rings. The van der Waals surface area contributed by atoms with Gasteiger partial charge in [-0.2, -0.15) is 0 Å². The van der Waals surface area contributed by atoms with Crippen LogP contribution in [0.15, 0.2) is 29.9 Å². The molecule has 2 saturated heterocycles. The number of nitrogens with zero attached hydrogens (tertiary/aromatic N) is 3. The SMILES string of the molecule is O=C(Cc1csc(-c2cccnc2)n1)N1CC(NC2COC2)C1. The average molecular weight is 330 g/mol. The van der Waals surface area contributed by atoms with Crippen molar-refractivity contribution in [2.45, 2.75) is 18.5 Å². The monoisotopic (exact) mass is 330 g/mol. The maximum atomic E-state index is 12.3. The summed E-state index contributed by atoms with van der Waals surface area (Å²) in [6.45, 7) is 3.16. The van der Waals surface area contributed by atoms with Crippen LogP contribution in [0, 0.1) is 0 Å². The highest BCUT2D eigenvalue weighted by molar-refractivity contribution is 7.13. The summed E-state index contributed by atoms with van der Waals surface area (Å²) in [5.74, 6) is 0.149. The number of hydrogen-bond donors (Lipinski definition) is 1. The van der Waals surface area contributed by atoms with Crippen LogP contribution in [0.3, 0.4) is 0 Å². The number of amides is 1. The fourth-order valence-electron chi connectivity index (χ4n) is 2.73. The van der Waals surface area contributed by atoms with Crippen molar-refractivity contribution in [1.82, 2.24) is 20.2 Å². The van der Waals surface area contributed by atoms with E-state index in [0.717, 1.165) is 42.6 Å². The van der Waals surface area contributed by atoms with E-state index in [4.69, 9.17) is 4.74 Å². The van der Waals surface area contributed by atoms with E-state index in [1.54, 1.807) is 23.7 Å². The van der Waals surface area contributed by atoms with Crippen LogP contribution in [0.25, 0.3) is 10.6 Å². The molecule has 2 aromatic heterocycles. The van der Waals surface area contributed by atoms with Gasteiger partial charge in [-0.15, -0.1) is 11.3 Å². The quantitative estimate of drug-likeness (QED) is 0.884. The van der Waals surface area contributed by atoms with Crippen molar-refractivity contribution < 1.29 is 9.53 Å². The molecule has 2 aliphatic heterocycles. The fraction of sp³-hybridized carbons (Fsp3) is 0.438. The Morgan fingerprint density at radius 1 is 1.39 bits per heavy atom. The summed E-state index contributed by atoms with van der Waals surface area (Å²) in [5.41, 5.74) is 1.83. The van der Waals surface area contributed by atoms with E-state index in [1.165, 1.54) is 0 Å². The lowest BCUT2D eigenvalue weighted by molar-refractivity contribution is -0.136. The highest BCUT2D eigenvalue weighted by Gasteiger charge is 2.33. The normalized spacial score (nSPS) is 18.5. The Balaban J connectivity index is 1.29. The molecule has 120 valence electrons. The Bertz CT molecular complexity index is 680. The van der Waals surface area contributed by atoms with Crippen molar-refractivity contribution in [3.05, 3.63) is 35.6 Å². The van der Waals surface area contributed by atoms with Crippen LogP contribution >= 0.6 is 11.3 Å². The van der Waals surface area contributed by atoms with Crippen LogP contribution in [-0.2, 0) is 16.0 Å². The van der Waals surface area contributed by atoms with Gasteiger partial charge in [0.2, 0.25) is 5.91 Å². The molecule has 0 aromatic carbocycles. The number of carbonyl (C=O) groups excluding carboxylic acids is 1. The third-order valence-electron chi connectivity index (χ3n) is 4.14. The molecule has 0 radical (unpaired) electrons. The summed E-state index contributed by atoms with van der Waals surface area (Å²) in [7, 11) is 0. The molecule has 6 nitrogen and oxygen atoms in total. The van der Waals surface area contributed by atoms with Gasteiger partial charge >= 0.3 is 0 Å². The molecule has 0 bridgehead atoms. The van der Waals surface area contributed by atoms with E-state index in [2.05, 4.69) is 15.3 Å². The first kappa shape index (κ1) is 14.7. The zero-order chi connectivity index (χ0) is 15.6. The van der Waals surface area contributed by atoms with Crippen molar-refractivity contribution in [2.75, 3.05) is 26.3 Å². The van der Waals surface area contributed by atoms with Gasteiger partial charge in [0.15, 0.2) is 0 Å². The molecule has 7 heteroatoms. The lowest BCUT2D eigenvalue weighted by Gasteiger charge is -2.43. The van der Waals surface area contributed by atoms with Crippen molar-refractivity contribution in [3.63, 3.8) is 0 Å². The average Bonchev–Trinajstić information content (AvgIpc) is 2.93. The number of likely N-dealkylation sites (tertiary alicyclic amines) is 1. The van der Waals surface area contributed by atoms with Crippen LogP contribution in [0.5, 0.6) is 0 Å². The number of carbonyl (C=O) groups is 1. The number of pyridine rings is 1. The summed E-state index contributed by atoms with van der Waals surface area (Å²) >= 11 is 1.55. The summed E-state index contributed by atoms with van der Waals surface area (Å²) in [6.07, 6.45) is 3.90. The Kier molecular flexibility index (Phi) is 4.07. The standard InChI is InChI=1S/C16H18N4O2S/c21-15(20-6-13(7-20)18-14-8-22-9-14)4-12-10-23-16(19-12)11-2-1-3-17-5-11/h1-3,5,10,13-14,18H,4,6-9H2. The second-order valence-corrected chi connectivity index (χ2v) is 6.82. The molecule has 2 aliphatic rings. The van der Waals surface area contributed by atoms with Crippen LogP contribution in [-0.4, -0.2) is 59.2 Å². The number of nitrogens with one attached hydrogen (secondary N) is 1. The van der Waals surface area contributed by atoms with Crippen LogP contribution in [0.2, 0.25) is 0 Å². The lowest BCUT2D eigenvalue weighted by atomic mass is 10.1. The molecule has 0 aliphatic carbocycles. The molecule has 0 saturated carbocycles. The summed E-state index contributed by atoms with van der Waals surface area (Å²) in [6, 6.07) is 4.75. The Labute approximate surface area is 138 Å². The van der Waals surface area contributed by atoms with E-state index in [1.807, 2.05) is 22.4 Å². The number of rotatable bonds is 5. The zero-order valence-electron chi connectivity index (χ0n) is 12.6. The minimum Gasteiger partial charge on any atom is -0.378 e. The van der Waals surface area contributed by atoms with Gasteiger partial charge in [-0.05, 0) is 12.1 Å². The highest BCUT2D eigenvalue weighted by Crippen LogP contribution is 2.23. The van der Waals surface area contributed by atoms with Gasteiger partial charge in [0, 0.05) is 42.5 Å². The van der Waals surface area contributed by atoms with Crippen molar-refractivity contribution in [1.29, 1.82) is 0 Å². The van der Waals surface area contributed by atoms with Gasteiger partial charge in [-0.1, -0.05) is 0 Å². The minimum absolute atomic E-state index is 0.149. The third-order valence-corrected chi connectivity index (χ3v) is 5.08.